The second kappa shape index (κ2) is 43.6. The van der Waals surface area contributed by atoms with E-state index in [4.69, 9.17) is 9.15 Å². The summed E-state index contributed by atoms with van der Waals surface area (Å²) in [5.74, 6) is 1.83. The number of carbonyl (C=O) groups is 5. The number of benzene rings is 13. The topological polar surface area (TPSA) is 168 Å². The number of hydrogen-bond acceptors (Lipinski definition) is 10. The van der Waals surface area contributed by atoms with Gasteiger partial charge in [0.05, 0.1) is 142 Å². The van der Waals surface area contributed by atoms with Crippen LogP contribution in [0.1, 0.15) is 188 Å². The highest BCUT2D eigenvalue weighted by Crippen LogP contribution is 2.41. The zero-order valence-corrected chi connectivity index (χ0v) is 88.9. The smallest absolute Gasteiger partial charge is 0.336 e. The molecule has 0 N–H and O–H groups in total. The number of rotatable bonds is 32. The number of ketones is 5. The molecule has 0 saturated heterocycles. The summed E-state index contributed by atoms with van der Waals surface area (Å²) in [6, 6.07) is 67.3. The lowest BCUT2D eigenvalue weighted by atomic mass is 9.91. The molecule has 0 radical (unpaired) electrons. The van der Waals surface area contributed by atoms with Gasteiger partial charge >= 0.3 is 5.63 Å². The van der Waals surface area contributed by atoms with Crippen molar-refractivity contribution in [2.24, 2.45) is 0 Å². The summed E-state index contributed by atoms with van der Waals surface area (Å²) in [6.45, 7) is 45.1. The molecule has 0 aliphatic carbocycles. The van der Waals surface area contributed by atoms with E-state index in [1.165, 1.54) is 118 Å². The largest absolute Gasteiger partial charge is 0.494 e. The van der Waals surface area contributed by atoms with E-state index in [-0.39, 0.29) is 45.7 Å². The predicted octanol–water partition coefficient (Wildman–Crippen LogP) is 25.5. The van der Waals surface area contributed by atoms with Crippen molar-refractivity contribution in [2.45, 2.75) is 196 Å². The average molecular weight is 1890 g/mol. The fourth-order valence-corrected chi connectivity index (χ4v) is 19.3. The van der Waals surface area contributed by atoms with Gasteiger partial charge in [-0.05, 0) is 287 Å². The van der Waals surface area contributed by atoms with Gasteiger partial charge in [-0.25, -0.2) is 9.31 Å². The van der Waals surface area contributed by atoms with Gasteiger partial charge in [0.15, 0.2) is 28.9 Å². The number of ether oxygens (including phenoxy) is 1. The maximum Gasteiger partial charge on any atom is 0.336 e. The van der Waals surface area contributed by atoms with Crippen molar-refractivity contribution in [1.82, 2.24) is 9.03 Å². The third kappa shape index (κ3) is 24.6. The van der Waals surface area contributed by atoms with Gasteiger partial charge in [-0.2, -0.15) is 4.52 Å². The molecule has 0 fully saturated rings. The lowest BCUT2D eigenvalue weighted by Gasteiger charge is -2.30. The molecule has 17 heteroatoms. The molecule has 16 rings (SSSR count). The summed E-state index contributed by atoms with van der Waals surface area (Å²) in [5.41, 5.74) is 17.3. The summed E-state index contributed by atoms with van der Waals surface area (Å²) in [6.07, 6.45) is 2.72. The molecule has 0 aliphatic rings. The number of Topliss-reactive ketones (excluding diaryl/α,β-unsaturated/α-hetero) is 5. The molecule has 3 aromatic heterocycles. The normalized spacial score (nSPS) is 12.0. The third-order valence-electron chi connectivity index (χ3n) is 29.2. The van der Waals surface area contributed by atoms with Gasteiger partial charge in [-0.15, -0.1) is 0 Å². The summed E-state index contributed by atoms with van der Waals surface area (Å²) in [4.78, 5) is 98.8. The summed E-state index contributed by atoms with van der Waals surface area (Å²) in [5, 5.41) is 24.8. The number of fused-ring (bicyclic) bond motifs is 2. The first-order valence-corrected chi connectivity index (χ1v) is 49.5. The first-order chi connectivity index (χ1) is 65.8. The van der Waals surface area contributed by atoms with Crippen LogP contribution in [0.2, 0.25) is 0 Å². The fraction of sp³-hybridized carbons (Fsp3) is 0.366. The summed E-state index contributed by atoms with van der Waals surface area (Å²) >= 11 is 0. The van der Waals surface area contributed by atoms with Gasteiger partial charge in [0.2, 0.25) is 0 Å². The molecule has 0 amide bonds. The fourth-order valence-electron chi connectivity index (χ4n) is 19.3. The van der Waals surface area contributed by atoms with Crippen LogP contribution < -0.4 is 21.5 Å². The molecule has 0 saturated carbocycles. The van der Waals surface area contributed by atoms with E-state index in [9.17, 15) is 38.4 Å². The Balaban J connectivity index is 0.000000157. The van der Waals surface area contributed by atoms with E-state index in [0.717, 1.165) is 131 Å². The first-order valence-electron chi connectivity index (χ1n) is 49.5. The van der Waals surface area contributed by atoms with Crippen LogP contribution in [0.15, 0.2) is 263 Å². The Morgan fingerprint density at radius 1 is 0.300 bits per heavy atom. The van der Waals surface area contributed by atoms with Crippen LogP contribution in [0.4, 0.5) is 0 Å². The highest BCUT2D eigenvalue weighted by Gasteiger charge is 2.31. The Labute approximate surface area is 827 Å². The van der Waals surface area contributed by atoms with Crippen LogP contribution in [-0.4, -0.2) is 170 Å². The maximum absolute atomic E-state index is 12.5. The van der Waals surface area contributed by atoms with Crippen LogP contribution in [0.5, 0.6) is 5.75 Å². The monoisotopic (exact) mass is 1890 g/mol. The first kappa shape index (κ1) is 106. The Kier molecular flexibility index (Phi) is 33.0. The SMILES string of the molecule is CC(C)=C(C)C(=O)CC[N+](C)(C)Cc1c(C)c(=O)n2c(=O)c(C)c(C)n12.CC(C)=C(C)C(=O)CC[N+](C)(C)Cc1cc2ccc3cccc4ccc(c1)c2c34.CC(C)=C(C)C(=O)CC[N+](C)(C)Cc1cc2cccc3ccc4cccc1c4c32.CC(C)=C(C)C(=O)CC[N+](C)(C)Cc1ccc2ccc3cccc4ccc1c2c34.CCOc1ccc2c(C[N+](C)(C)CCC(=O)C(C)=C(C)C)cc(=O)oc2c1. The Morgan fingerprint density at radius 3 is 1.01 bits per heavy atom. The van der Waals surface area contributed by atoms with Gasteiger partial charge in [0.25, 0.3) is 11.1 Å². The van der Waals surface area contributed by atoms with Crippen molar-refractivity contribution < 1.29 is 55.5 Å². The lowest BCUT2D eigenvalue weighted by Crippen LogP contribution is -2.41. The van der Waals surface area contributed by atoms with Crippen LogP contribution >= 0.6 is 0 Å². The standard InChI is InChI=1S/3C27H30NO.C22H30NO4.C20H30N3O3/c1-18(2)19(3)25(29)14-15-28(4,5)17-23-16-22-10-6-8-20-12-13-21-9-7-11-24(23)27(21)26(20)22;1-18(2)19(3)25(29)13-14-28(4,5)17-20-15-23-11-9-21-7-6-8-22-10-12-24(16-20)27(23)26(21)22;1-18(2)19(3)25(29)15-16-28(4,5)17-23-12-11-22-10-9-20-7-6-8-21-13-14-24(23)27(22)26(20)21;1-7-26-18-8-9-19-17(12-22(25)27-21(19)13-18)14-23(5,6)11-10-20(24)16(4)15(2)3;1-12(2)13(3)18(24)9-10-23(7,8)11-17-15(5)20(26)22-19(25)14(4)16(6)21(17)22/h6-13,16H,14-15,17H2,1-5H3;6-12,15-16H,13-14,17H2,1-5H3;6-14H,15-17H2,1-5H3;8-9,12-13H,7,10-11,14H2,1-6H3;9-11H2,1-8H3/q5*+1. The molecule has 16 aromatic rings. The molecule has 0 spiro atoms. The van der Waals surface area contributed by atoms with E-state index >= 15 is 0 Å². The number of aromatic nitrogens is 2. The number of allylic oxidation sites excluding steroid dienone is 10. The second-order valence-electron chi connectivity index (χ2n) is 43.6. The molecule has 140 heavy (non-hydrogen) atoms. The van der Waals surface area contributed by atoms with Crippen molar-refractivity contribution in [3.05, 3.63) is 320 Å². The molecule has 0 bridgehead atoms. The zero-order valence-electron chi connectivity index (χ0n) is 88.9. The van der Waals surface area contributed by atoms with E-state index < -0.39 is 0 Å². The van der Waals surface area contributed by atoms with Crippen molar-refractivity contribution in [3.63, 3.8) is 0 Å². The maximum atomic E-state index is 12.5. The average Bonchev–Trinajstić information content (AvgIpc) is 1.61. The molecular formula is C123H150N7O10+5. The van der Waals surface area contributed by atoms with E-state index in [0.29, 0.717) is 96.3 Å². The van der Waals surface area contributed by atoms with Gasteiger partial charge in [0, 0.05) is 56.6 Å². The molecule has 17 nitrogen and oxygen atoms in total. The van der Waals surface area contributed by atoms with Gasteiger partial charge in [-0.1, -0.05) is 173 Å². The quantitative estimate of drug-likeness (QED) is 0.0171. The number of quaternary nitrogens is 5. The van der Waals surface area contributed by atoms with Crippen LogP contribution in [0.25, 0.3) is 108 Å². The minimum atomic E-state index is -0.373. The van der Waals surface area contributed by atoms with E-state index in [1.807, 2.05) is 144 Å². The summed E-state index contributed by atoms with van der Waals surface area (Å²) in [7, 11) is 21.6. The minimum Gasteiger partial charge on any atom is -0.494 e. The molecular weight excluding hydrogens is 1740 g/mol. The highest BCUT2D eigenvalue weighted by molar-refractivity contribution is 6.26. The van der Waals surface area contributed by atoms with Crippen molar-refractivity contribution in [1.29, 1.82) is 0 Å². The summed E-state index contributed by atoms with van der Waals surface area (Å²) < 4.78 is 17.4. The Morgan fingerprint density at radius 2 is 0.600 bits per heavy atom. The number of carbonyl (C=O) groups excluding carboxylic acids is 5. The van der Waals surface area contributed by atoms with Crippen LogP contribution in [-0.2, 0) is 56.7 Å². The third-order valence-corrected chi connectivity index (χ3v) is 29.2. The van der Waals surface area contributed by atoms with Crippen molar-refractivity contribution in [3.8, 4) is 5.75 Å². The van der Waals surface area contributed by atoms with Gasteiger partial charge in [0.1, 0.15) is 49.8 Å². The van der Waals surface area contributed by atoms with Crippen LogP contribution in [0, 0.1) is 20.8 Å². The number of nitrogens with zero attached hydrogens (tertiary/aromatic N) is 7. The van der Waals surface area contributed by atoms with Gasteiger partial charge in [-0.3, -0.25) is 33.6 Å². The Bertz CT molecular complexity index is 7630. The predicted molar refractivity (Wildman–Crippen MR) is 585 cm³/mol. The lowest BCUT2D eigenvalue weighted by molar-refractivity contribution is -0.903. The molecule has 13 aromatic carbocycles. The molecule has 0 unspecified atom stereocenters. The molecule has 0 atom stereocenters. The van der Waals surface area contributed by atoms with Crippen molar-refractivity contribution in [2.75, 3.05) is 110 Å². The van der Waals surface area contributed by atoms with Crippen molar-refractivity contribution >= 4 is 137 Å². The molecule has 0 aliphatic heterocycles. The van der Waals surface area contributed by atoms with E-state index in [1.54, 1.807) is 30.5 Å². The number of aryl methyl sites for hydroxylation is 1. The second-order valence-corrected chi connectivity index (χ2v) is 43.6. The van der Waals surface area contributed by atoms with E-state index in [2.05, 4.69) is 220 Å². The minimum absolute atomic E-state index is 0.161. The number of hydrogen-bond donors (Lipinski definition) is 0. The molecule has 3 heterocycles. The molecule has 732 valence electrons. The zero-order chi connectivity index (χ0) is 102. The Hall–Kier alpha value is -12.7. The van der Waals surface area contributed by atoms with Crippen LogP contribution in [0.3, 0.4) is 0 Å². The van der Waals surface area contributed by atoms with Gasteiger partial charge < -0.3 is 31.6 Å². The highest BCUT2D eigenvalue weighted by atomic mass is 16.5.